The summed E-state index contributed by atoms with van der Waals surface area (Å²) < 4.78 is 23.9. The van der Waals surface area contributed by atoms with Gasteiger partial charge in [-0.1, -0.05) is 48.5 Å². The molecule has 0 saturated heterocycles. The lowest BCUT2D eigenvalue weighted by molar-refractivity contribution is -0.139. The number of furan rings is 1. The van der Waals surface area contributed by atoms with Crippen molar-refractivity contribution in [1.29, 1.82) is 0 Å². The Hall–Kier alpha value is -4.13. The molecule has 0 spiro atoms. The summed E-state index contributed by atoms with van der Waals surface area (Å²) in [6.45, 7) is -0.141. The first-order valence-corrected chi connectivity index (χ1v) is 10.4. The van der Waals surface area contributed by atoms with Gasteiger partial charge in [-0.25, -0.2) is 14.0 Å². The van der Waals surface area contributed by atoms with Gasteiger partial charge < -0.3 is 19.6 Å². The quantitative estimate of drug-likeness (QED) is 0.393. The monoisotopic (exact) mass is 447 g/mol. The number of carboxylic acid groups (broad SMARTS) is 1. The van der Waals surface area contributed by atoms with Crippen LogP contribution >= 0.6 is 0 Å². The zero-order valence-corrected chi connectivity index (χ0v) is 17.7. The molecule has 2 N–H and O–H groups in total. The van der Waals surface area contributed by atoms with E-state index in [0.717, 1.165) is 17.4 Å². The van der Waals surface area contributed by atoms with Gasteiger partial charge in [0.15, 0.2) is 6.61 Å². The van der Waals surface area contributed by atoms with E-state index in [2.05, 4.69) is 17.4 Å². The summed E-state index contributed by atoms with van der Waals surface area (Å²) in [4.78, 5) is 23.6. The van der Waals surface area contributed by atoms with Crippen molar-refractivity contribution in [3.63, 3.8) is 0 Å². The minimum atomic E-state index is -1.22. The van der Waals surface area contributed by atoms with E-state index in [9.17, 15) is 19.1 Å². The number of aliphatic carboxylic acids is 1. The lowest BCUT2D eigenvalue weighted by Crippen LogP contribution is -2.42. The molecule has 1 atom stereocenters. The average Bonchev–Trinajstić information content (AvgIpc) is 3.21. The van der Waals surface area contributed by atoms with Crippen LogP contribution < -0.4 is 5.32 Å². The average molecular weight is 447 g/mol. The number of benzene rings is 3. The first-order valence-electron chi connectivity index (χ1n) is 10.4. The molecule has 4 aromatic rings. The number of halogens is 1. The van der Waals surface area contributed by atoms with Crippen molar-refractivity contribution in [3.8, 4) is 0 Å². The van der Waals surface area contributed by atoms with Crippen LogP contribution in [-0.2, 0) is 29.0 Å². The Bertz CT molecular complexity index is 1250. The van der Waals surface area contributed by atoms with E-state index >= 15 is 0 Å². The van der Waals surface area contributed by atoms with Gasteiger partial charge in [0.2, 0.25) is 0 Å². The number of hydrogen-bond donors (Lipinski definition) is 2. The molecule has 0 aliphatic carbocycles. The summed E-state index contributed by atoms with van der Waals surface area (Å²) in [6.07, 6.45) is -0.0878. The fraction of sp³-hybridized carbons (Fsp3) is 0.154. The Morgan fingerprint density at radius 2 is 1.67 bits per heavy atom. The largest absolute Gasteiger partial charge is 0.480 e. The fourth-order valence-corrected chi connectivity index (χ4v) is 3.54. The van der Waals surface area contributed by atoms with E-state index in [0.29, 0.717) is 16.9 Å². The molecule has 0 fully saturated rings. The van der Waals surface area contributed by atoms with Crippen molar-refractivity contribution >= 4 is 23.0 Å². The molecule has 0 aliphatic heterocycles. The highest BCUT2D eigenvalue weighted by Crippen LogP contribution is 2.23. The van der Waals surface area contributed by atoms with Crippen molar-refractivity contribution < 1.29 is 28.2 Å². The molecule has 33 heavy (non-hydrogen) atoms. The van der Waals surface area contributed by atoms with E-state index in [1.54, 1.807) is 6.07 Å². The van der Waals surface area contributed by atoms with Gasteiger partial charge in [0.25, 0.3) is 0 Å². The Kier molecular flexibility index (Phi) is 6.69. The molecule has 0 aliphatic rings. The van der Waals surface area contributed by atoms with Crippen molar-refractivity contribution in [2.45, 2.75) is 25.5 Å². The highest BCUT2D eigenvalue weighted by atomic mass is 19.1. The summed E-state index contributed by atoms with van der Waals surface area (Å²) in [7, 11) is 0. The molecule has 7 heteroatoms. The van der Waals surface area contributed by atoms with Gasteiger partial charge in [-0.05, 0) is 53.4 Å². The van der Waals surface area contributed by atoms with Gasteiger partial charge in [0, 0.05) is 11.8 Å². The van der Waals surface area contributed by atoms with Gasteiger partial charge in [0.05, 0.1) is 0 Å². The molecular weight excluding hydrogens is 425 g/mol. The second-order valence-electron chi connectivity index (χ2n) is 7.69. The smallest absolute Gasteiger partial charge is 0.408 e. The van der Waals surface area contributed by atoms with E-state index < -0.39 is 23.9 Å². The highest BCUT2D eigenvalue weighted by Gasteiger charge is 2.21. The van der Waals surface area contributed by atoms with Crippen LogP contribution in [0.1, 0.15) is 22.5 Å². The molecule has 1 heterocycles. The van der Waals surface area contributed by atoms with Crippen LogP contribution in [0.5, 0.6) is 0 Å². The molecule has 168 valence electrons. The lowest BCUT2D eigenvalue weighted by atomic mass is 10.0. The molecule has 1 amide bonds. The Morgan fingerprint density at radius 3 is 2.39 bits per heavy atom. The van der Waals surface area contributed by atoms with Crippen LogP contribution in [0, 0.1) is 5.82 Å². The third-order valence-corrected chi connectivity index (χ3v) is 5.17. The van der Waals surface area contributed by atoms with Crippen molar-refractivity contribution in [3.05, 3.63) is 107 Å². The van der Waals surface area contributed by atoms with Crippen molar-refractivity contribution in [1.82, 2.24) is 5.32 Å². The zero-order valence-electron chi connectivity index (χ0n) is 17.7. The third-order valence-electron chi connectivity index (χ3n) is 5.17. The first kappa shape index (κ1) is 22.1. The topological polar surface area (TPSA) is 88.8 Å². The predicted octanol–water partition coefficient (Wildman–Crippen LogP) is 5.08. The van der Waals surface area contributed by atoms with Crippen molar-refractivity contribution in [2.75, 3.05) is 0 Å². The maximum atomic E-state index is 13.0. The number of amides is 1. The number of carboxylic acids is 1. The maximum Gasteiger partial charge on any atom is 0.408 e. The highest BCUT2D eigenvalue weighted by molar-refractivity contribution is 5.80. The van der Waals surface area contributed by atoms with Gasteiger partial charge in [0.1, 0.15) is 23.2 Å². The lowest BCUT2D eigenvalue weighted by Gasteiger charge is -2.14. The third kappa shape index (κ3) is 5.98. The van der Waals surface area contributed by atoms with Crippen LogP contribution in [0.4, 0.5) is 9.18 Å². The summed E-state index contributed by atoms with van der Waals surface area (Å²) in [5, 5.41) is 12.6. The number of rotatable bonds is 8. The summed E-state index contributed by atoms with van der Waals surface area (Å²) in [5.41, 5.74) is 3.58. The minimum absolute atomic E-state index is 0.000454. The van der Waals surface area contributed by atoms with Gasteiger partial charge in [-0.3, -0.25) is 0 Å². The zero-order chi connectivity index (χ0) is 23.2. The molecule has 0 unspecified atom stereocenters. The van der Waals surface area contributed by atoms with Crippen LogP contribution in [0.2, 0.25) is 0 Å². The minimum Gasteiger partial charge on any atom is -0.480 e. The molecular formula is C26H22FNO5. The second kappa shape index (κ2) is 9.99. The van der Waals surface area contributed by atoms with E-state index in [-0.39, 0.29) is 13.0 Å². The fourth-order valence-electron chi connectivity index (χ4n) is 3.54. The Morgan fingerprint density at radius 1 is 0.939 bits per heavy atom. The van der Waals surface area contributed by atoms with Gasteiger partial charge in [-0.15, -0.1) is 0 Å². The van der Waals surface area contributed by atoms with Crippen LogP contribution in [0.3, 0.4) is 0 Å². The number of nitrogens with one attached hydrogen (secondary N) is 1. The second-order valence-corrected chi connectivity index (χ2v) is 7.69. The molecule has 4 rings (SSSR count). The van der Waals surface area contributed by atoms with E-state index in [1.807, 2.05) is 36.4 Å². The summed E-state index contributed by atoms with van der Waals surface area (Å²) in [6, 6.07) is 22.0. The number of carbonyl (C=O) groups is 2. The maximum absolute atomic E-state index is 13.0. The van der Waals surface area contributed by atoms with Gasteiger partial charge >= 0.3 is 12.1 Å². The number of carbonyl (C=O) groups excluding carboxylic acids is 1. The van der Waals surface area contributed by atoms with Crippen LogP contribution in [0.25, 0.3) is 11.0 Å². The number of alkyl carbamates (subject to hydrolysis) is 1. The van der Waals surface area contributed by atoms with E-state index in [1.165, 1.54) is 29.8 Å². The predicted molar refractivity (Wildman–Crippen MR) is 120 cm³/mol. The summed E-state index contributed by atoms with van der Waals surface area (Å²) >= 11 is 0. The van der Waals surface area contributed by atoms with E-state index in [4.69, 9.17) is 9.15 Å². The molecule has 0 saturated carbocycles. The van der Waals surface area contributed by atoms with Gasteiger partial charge in [-0.2, -0.15) is 0 Å². The number of ether oxygens (including phenoxy) is 1. The normalized spacial score (nSPS) is 11.8. The molecule has 0 bridgehead atoms. The number of hydrogen-bond acceptors (Lipinski definition) is 4. The first-order chi connectivity index (χ1) is 16.0. The standard InChI is InChI=1S/C26H22FNO5/c27-21-9-6-18(7-10-21)14-23(25(29)30)28-26(31)32-16-22-15-20-13-19(8-11-24(20)33-22)12-17-4-2-1-3-5-17/h1-11,13,15,23H,12,14,16H2,(H,28,31)(H,29,30)/t23-/m1/s1. The Balaban J connectivity index is 1.35. The SMILES string of the molecule is O=C(N[C@H](Cc1ccc(F)cc1)C(=O)O)OCc1cc2cc(Cc3ccccc3)ccc2o1. The number of fused-ring (bicyclic) bond motifs is 1. The molecule has 1 aromatic heterocycles. The molecule has 3 aromatic carbocycles. The Labute approximate surface area is 189 Å². The molecule has 6 nitrogen and oxygen atoms in total. The van der Waals surface area contributed by atoms with Crippen molar-refractivity contribution in [2.24, 2.45) is 0 Å². The van der Waals surface area contributed by atoms with Crippen LogP contribution in [0.15, 0.2) is 83.3 Å². The van der Waals surface area contributed by atoms with Crippen LogP contribution in [-0.4, -0.2) is 23.2 Å². The molecule has 0 radical (unpaired) electrons. The summed E-state index contributed by atoms with van der Waals surface area (Å²) in [5.74, 6) is -1.19.